The molecule has 6 heteroatoms. The van der Waals surface area contributed by atoms with Crippen molar-refractivity contribution in [3.63, 3.8) is 0 Å². The van der Waals surface area contributed by atoms with Crippen LogP contribution >= 0.6 is 31.9 Å². The molecular formula is C15H15Br2NO2S. The van der Waals surface area contributed by atoms with Gasteiger partial charge in [-0.05, 0) is 49.2 Å². The standard InChI is InChI=1S/C15H15Br2NO2S/c1-10-9-12(7-8-14(10)16)21(19,20)18-11(2)13-5-3-4-6-15(13)17/h3-9,11,18H,1-2H3. The Bertz CT molecular complexity index is 760. The van der Waals surface area contributed by atoms with Gasteiger partial charge in [0.1, 0.15) is 0 Å². The van der Waals surface area contributed by atoms with E-state index in [-0.39, 0.29) is 10.9 Å². The van der Waals surface area contributed by atoms with Gasteiger partial charge in [-0.2, -0.15) is 0 Å². The Morgan fingerprint density at radius 1 is 1.05 bits per heavy atom. The molecule has 0 amide bonds. The highest BCUT2D eigenvalue weighted by Crippen LogP contribution is 2.25. The Hall–Kier alpha value is -0.690. The minimum Gasteiger partial charge on any atom is -0.207 e. The van der Waals surface area contributed by atoms with Crippen molar-refractivity contribution in [1.29, 1.82) is 0 Å². The maximum absolute atomic E-state index is 12.4. The van der Waals surface area contributed by atoms with Gasteiger partial charge in [-0.25, -0.2) is 13.1 Å². The highest BCUT2D eigenvalue weighted by Gasteiger charge is 2.20. The summed E-state index contributed by atoms with van der Waals surface area (Å²) in [6, 6.07) is 12.2. The molecule has 0 aliphatic carbocycles. The van der Waals surface area contributed by atoms with Gasteiger partial charge in [-0.3, -0.25) is 0 Å². The van der Waals surface area contributed by atoms with E-state index >= 15 is 0 Å². The molecular weight excluding hydrogens is 418 g/mol. The smallest absolute Gasteiger partial charge is 0.207 e. The Balaban J connectivity index is 2.29. The number of aryl methyl sites for hydroxylation is 1. The molecule has 0 fully saturated rings. The molecule has 21 heavy (non-hydrogen) atoms. The lowest BCUT2D eigenvalue weighted by Gasteiger charge is -2.16. The van der Waals surface area contributed by atoms with Gasteiger partial charge in [0.15, 0.2) is 0 Å². The van der Waals surface area contributed by atoms with Crippen molar-refractivity contribution in [1.82, 2.24) is 4.72 Å². The van der Waals surface area contributed by atoms with Gasteiger partial charge >= 0.3 is 0 Å². The number of halogens is 2. The summed E-state index contributed by atoms with van der Waals surface area (Å²) in [4.78, 5) is 0.266. The molecule has 1 N–H and O–H groups in total. The van der Waals surface area contributed by atoms with Gasteiger partial charge in [0.25, 0.3) is 0 Å². The third-order valence-electron chi connectivity index (χ3n) is 3.14. The molecule has 3 nitrogen and oxygen atoms in total. The molecule has 1 atom stereocenters. The van der Waals surface area contributed by atoms with Gasteiger partial charge in [0, 0.05) is 15.0 Å². The highest BCUT2D eigenvalue weighted by atomic mass is 79.9. The summed E-state index contributed by atoms with van der Waals surface area (Å²) >= 11 is 6.81. The lowest BCUT2D eigenvalue weighted by molar-refractivity contribution is 0.566. The Labute approximate surface area is 142 Å². The van der Waals surface area contributed by atoms with E-state index in [1.807, 2.05) is 38.1 Å². The van der Waals surface area contributed by atoms with E-state index in [1.165, 1.54) is 0 Å². The molecule has 0 aliphatic heterocycles. The van der Waals surface area contributed by atoms with Crippen molar-refractivity contribution in [3.8, 4) is 0 Å². The second-order valence-corrected chi connectivity index (χ2v) is 8.20. The van der Waals surface area contributed by atoms with Gasteiger partial charge < -0.3 is 0 Å². The Morgan fingerprint density at radius 3 is 2.33 bits per heavy atom. The van der Waals surface area contributed by atoms with E-state index in [9.17, 15) is 8.42 Å². The maximum Gasteiger partial charge on any atom is 0.241 e. The third kappa shape index (κ3) is 3.94. The largest absolute Gasteiger partial charge is 0.241 e. The summed E-state index contributed by atoms with van der Waals surface area (Å²) in [6.45, 7) is 3.68. The van der Waals surface area contributed by atoms with Crippen molar-refractivity contribution >= 4 is 41.9 Å². The third-order valence-corrected chi connectivity index (χ3v) is 6.29. The van der Waals surface area contributed by atoms with E-state index in [1.54, 1.807) is 18.2 Å². The van der Waals surface area contributed by atoms with Crippen LogP contribution in [0.5, 0.6) is 0 Å². The molecule has 0 bridgehead atoms. The van der Waals surface area contributed by atoms with Gasteiger partial charge in [0.05, 0.1) is 4.90 Å². The zero-order chi connectivity index (χ0) is 15.6. The van der Waals surface area contributed by atoms with E-state index < -0.39 is 10.0 Å². The number of hydrogen-bond donors (Lipinski definition) is 1. The summed E-state index contributed by atoms with van der Waals surface area (Å²) in [5, 5.41) is 0. The molecule has 2 rings (SSSR count). The molecule has 0 spiro atoms. The summed E-state index contributed by atoms with van der Waals surface area (Å²) in [7, 11) is -3.56. The lowest BCUT2D eigenvalue weighted by Crippen LogP contribution is -2.27. The van der Waals surface area contributed by atoms with Crippen LogP contribution in [0.2, 0.25) is 0 Å². The van der Waals surface area contributed by atoms with Crippen molar-refractivity contribution in [3.05, 3.63) is 62.5 Å². The predicted octanol–water partition coefficient (Wildman–Crippen LogP) is 4.56. The fraction of sp³-hybridized carbons (Fsp3) is 0.200. The second-order valence-electron chi connectivity index (χ2n) is 4.78. The normalized spacial score (nSPS) is 13.1. The van der Waals surface area contributed by atoms with Gasteiger partial charge in [-0.1, -0.05) is 50.1 Å². The molecule has 1 unspecified atom stereocenters. The van der Waals surface area contributed by atoms with Crippen LogP contribution in [0.25, 0.3) is 0 Å². The Morgan fingerprint density at radius 2 is 1.71 bits per heavy atom. The molecule has 2 aromatic rings. The van der Waals surface area contributed by atoms with Crippen LogP contribution in [0, 0.1) is 6.92 Å². The first kappa shape index (κ1) is 16.7. The number of sulfonamides is 1. The number of rotatable bonds is 4. The summed E-state index contributed by atoms with van der Waals surface area (Å²) in [5.74, 6) is 0. The number of hydrogen-bond acceptors (Lipinski definition) is 2. The molecule has 112 valence electrons. The van der Waals surface area contributed by atoms with E-state index in [2.05, 4.69) is 36.6 Å². The van der Waals surface area contributed by atoms with Crippen LogP contribution in [0.3, 0.4) is 0 Å². The fourth-order valence-electron chi connectivity index (χ4n) is 1.97. The average Bonchev–Trinajstić information content (AvgIpc) is 2.41. The van der Waals surface area contributed by atoms with Gasteiger partial charge in [-0.15, -0.1) is 0 Å². The van der Waals surface area contributed by atoms with E-state index in [0.29, 0.717) is 0 Å². The predicted molar refractivity (Wildman–Crippen MR) is 91.8 cm³/mol. The maximum atomic E-state index is 12.4. The quantitative estimate of drug-likeness (QED) is 0.769. The van der Waals surface area contributed by atoms with Crippen LogP contribution in [0.4, 0.5) is 0 Å². The van der Waals surface area contributed by atoms with Crippen LogP contribution in [-0.4, -0.2) is 8.42 Å². The van der Waals surface area contributed by atoms with Crippen molar-refractivity contribution in [2.75, 3.05) is 0 Å². The van der Waals surface area contributed by atoms with Crippen LogP contribution in [0.1, 0.15) is 24.1 Å². The summed E-state index contributed by atoms with van der Waals surface area (Å²) in [5.41, 5.74) is 1.78. The highest BCUT2D eigenvalue weighted by molar-refractivity contribution is 9.10. The second kappa shape index (κ2) is 6.60. The molecule has 0 heterocycles. The zero-order valence-electron chi connectivity index (χ0n) is 11.6. The van der Waals surface area contributed by atoms with Crippen molar-refractivity contribution in [2.45, 2.75) is 24.8 Å². The molecule has 0 radical (unpaired) electrons. The number of nitrogens with one attached hydrogen (secondary N) is 1. The zero-order valence-corrected chi connectivity index (χ0v) is 15.6. The SMILES string of the molecule is Cc1cc(S(=O)(=O)NC(C)c2ccccc2Br)ccc1Br. The molecule has 0 saturated heterocycles. The summed E-state index contributed by atoms with van der Waals surface area (Å²) < 4.78 is 29.4. The Kier molecular flexibility index (Phi) is 5.24. The minimum atomic E-state index is -3.56. The van der Waals surface area contributed by atoms with Gasteiger partial charge in [0.2, 0.25) is 10.0 Å². The monoisotopic (exact) mass is 431 g/mol. The topological polar surface area (TPSA) is 46.2 Å². The van der Waals surface area contributed by atoms with Crippen LogP contribution < -0.4 is 4.72 Å². The van der Waals surface area contributed by atoms with E-state index in [4.69, 9.17) is 0 Å². The van der Waals surface area contributed by atoms with Crippen molar-refractivity contribution < 1.29 is 8.42 Å². The van der Waals surface area contributed by atoms with Crippen LogP contribution in [0.15, 0.2) is 56.3 Å². The first-order chi connectivity index (χ1) is 9.81. The lowest BCUT2D eigenvalue weighted by atomic mass is 10.1. The minimum absolute atomic E-state index is 0.266. The molecule has 0 saturated carbocycles. The summed E-state index contributed by atoms with van der Waals surface area (Å²) in [6.07, 6.45) is 0. The fourth-order valence-corrected chi connectivity index (χ4v) is 4.16. The molecule has 0 aromatic heterocycles. The first-order valence-electron chi connectivity index (χ1n) is 6.34. The van der Waals surface area contributed by atoms with Crippen molar-refractivity contribution in [2.24, 2.45) is 0 Å². The molecule has 0 aliphatic rings. The van der Waals surface area contributed by atoms with E-state index in [0.717, 1.165) is 20.1 Å². The van der Waals surface area contributed by atoms with Crippen LogP contribution in [-0.2, 0) is 10.0 Å². The molecule has 2 aromatic carbocycles. The first-order valence-corrected chi connectivity index (χ1v) is 9.41. The average molecular weight is 433 g/mol. The number of benzene rings is 2.